The van der Waals surface area contributed by atoms with Crippen LogP contribution in [-0.2, 0) is 0 Å². The number of hydrogen-bond acceptors (Lipinski definition) is 2. The minimum Gasteiger partial charge on any atom is -0.346 e. The van der Waals surface area contributed by atoms with E-state index in [0.29, 0.717) is 6.54 Å². The molecule has 0 bridgehead atoms. The zero-order chi connectivity index (χ0) is 11.7. The molecule has 0 amide bonds. The Morgan fingerprint density at radius 3 is 3.00 bits per heavy atom. The van der Waals surface area contributed by atoms with Crippen LogP contribution in [0, 0.1) is 0 Å². The third-order valence-corrected chi connectivity index (χ3v) is 3.28. The lowest BCUT2D eigenvalue weighted by molar-refractivity contribution is 0.525. The summed E-state index contributed by atoms with van der Waals surface area (Å²) in [6.45, 7) is 1.55. The van der Waals surface area contributed by atoms with Crippen LogP contribution in [0.2, 0.25) is 0 Å². The molecule has 0 aromatic heterocycles. The van der Waals surface area contributed by atoms with Crippen LogP contribution in [0.25, 0.3) is 11.8 Å². The molecule has 1 heterocycles. The van der Waals surface area contributed by atoms with Gasteiger partial charge in [-0.2, -0.15) is 0 Å². The first-order chi connectivity index (χ1) is 8.40. The van der Waals surface area contributed by atoms with Gasteiger partial charge in [0.1, 0.15) is 0 Å². The number of benzene rings is 1. The molecule has 0 unspecified atom stereocenters. The minimum atomic E-state index is 0.674. The molecule has 2 N–H and O–H groups in total. The maximum atomic E-state index is 5.69. The molecule has 0 spiro atoms. The molecule has 2 aliphatic rings. The molecule has 3 rings (SSSR count). The molecular formula is C15H16N2. The van der Waals surface area contributed by atoms with Crippen LogP contribution in [0.3, 0.4) is 0 Å². The van der Waals surface area contributed by atoms with E-state index in [4.69, 9.17) is 5.73 Å². The predicted molar refractivity (Wildman–Crippen MR) is 71.2 cm³/mol. The highest BCUT2D eigenvalue weighted by atomic mass is 15.1. The highest BCUT2D eigenvalue weighted by Crippen LogP contribution is 2.24. The van der Waals surface area contributed by atoms with Gasteiger partial charge in [0.05, 0.1) is 0 Å². The van der Waals surface area contributed by atoms with Crippen molar-refractivity contribution in [3.8, 4) is 0 Å². The summed E-state index contributed by atoms with van der Waals surface area (Å²) in [6.07, 6.45) is 9.74. The molecule has 17 heavy (non-hydrogen) atoms. The molecular weight excluding hydrogens is 208 g/mol. The molecule has 1 aromatic rings. The van der Waals surface area contributed by atoms with Gasteiger partial charge in [-0.25, -0.2) is 0 Å². The minimum absolute atomic E-state index is 0.674. The summed E-state index contributed by atoms with van der Waals surface area (Å²) in [7, 11) is 0. The standard InChI is InChI=1S/C15H16N2/c16-9-10-17-11-12-5-1-2-6-13(12)14-7-3-4-8-15(14)17/h1-6,8,11H,7,9-10,16H2. The molecule has 0 atom stereocenters. The molecule has 0 radical (unpaired) electrons. The summed E-state index contributed by atoms with van der Waals surface area (Å²) < 4.78 is 0. The highest BCUT2D eigenvalue weighted by Gasteiger charge is 2.17. The van der Waals surface area contributed by atoms with Gasteiger partial charge in [-0.15, -0.1) is 0 Å². The van der Waals surface area contributed by atoms with Crippen LogP contribution in [0.1, 0.15) is 6.42 Å². The van der Waals surface area contributed by atoms with Crippen molar-refractivity contribution in [3.63, 3.8) is 0 Å². The number of fused-ring (bicyclic) bond motifs is 2. The monoisotopic (exact) mass is 224 g/mol. The Kier molecular flexibility index (Phi) is 2.57. The molecule has 1 aliphatic heterocycles. The van der Waals surface area contributed by atoms with Gasteiger partial charge in [-0.05, 0) is 28.5 Å². The summed E-state index contributed by atoms with van der Waals surface area (Å²) in [5, 5.41) is 2.65. The second-order valence-corrected chi connectivity index (χ2v) is 4.36. The lowest BCUT2D eigenvalue weighted by Gasteiger charge is -2.29. The fourth-order valence-electron chi connectivity index (χ4n) is 2.51. The smallest absolute Gasteiger partial charge is 0.0448 e. The summed E-state index contributed by atoms with van der Waals surface area (Å²) >= 11 is 0. The first-order valence-electron chi connectivity index (χ1n) is 6.04. The van der Waals surface area contributed by atoms with Crippen LogP contribution >= 0.6 is 0 Å². The highest BCUT2D eigenvalue weighted by molar-refractivity contribution is 5.71. The SMILES string of the molecule is NCCN1C=c2ccccc2=C2CC=CC=C21. The van der Waals surface area contributed by atoms with Crippen molar-refractivity contribution in [2.75, 3.05) is 13.1 Å². The topological polar surface area (TPSA) is 29.3 Å². The number of nitrogens with zero attached hydrogens (tertiary/aromatic N) is 1. The van der Waals surface area contributed by atoms with E-state index in [-0.39, 0.29) is 0 Å². The fourth-order valence-corrected chi connectivity index (χ4v) is 2.51. The molecule has 2 nitrogen and oxygen atoms in total. The number of nitrogens with two attached hydrogens (primary N) is 1. The summed E-state index contributed by atoms with van der Waals surface area (Å²) in [5.74, 6) is 0. The first kappa shape index (κ1) is 10.4. The molecule has 0 saturated heterocycles. The van der Waals surface area contributed by atoms with E-state index in [0.717, 1.165) is 13.0 Å². The summed E-state index contributed by atoms with van der Waals surface area (Å²) in [4.78, 5) is 2.27. The van der Waals surface area contributed by atoms with Gasteiger partial charge in [0.2, 0.25) is 0 Å². The number of allylic oxidation sites excluding steroid dienone is 4. The summed E-state index contributed by atoms with van der Waals surface area (Å²) in [6, 6.07) is 8.56. The van der Waals surface area contributed by atoms with Crippen molar-refractivity contribution in [2.24, 2.45) is 5.73 Å². The third-order valence-electron chi connectivity index (χ3n) is 3.28. The van der Waals surface area contributed by atoms with Crippen molar-refractivity contribution in [1.82, 2.24) is 4.90 Å². The Hall–Kier alpha value is -1.80. The first-order valence-corrected chi connectivity index (χ1v) is 6.04. The average molecular weight is 224 g/mol. The Bertz CT molecular complexity index is 608. The van der Waals surface area contributed by atoms with E-state index in [1.165, 1.54) is 21.7 Å². The molecule has 86 valence electrons. The average Bonchev–Trinajstić information content (AvgIpc) is 2.39. The quantitative estimate of drug-likeness (QED) is 0.801. The normalized spacial score (nSPS) is 17.1. The van der Waals surface area contributed by atoms with E-state index < -0.39 is 0 Å². The van der Waals surface area contributed by atoms with Crippen molar-refractivity contribution >= 4 is 11.8 Å². The zero-order valence-corrected chi connectivity index (χ0v) is 9.76. The number of hydrogen-bond donors (Lipinski definition) is 1. The second-order valence-electron chi connectivity index (χ2n) is 4.36. The second kappa shape index (κ2) is 4.22. The van der Waals surface area contributed by atoms with Crippen molar-refractivity contribution in [1.29, 1.82) is 0 Å². The Morgan fingerprint density at radius 1 is 1.24 bits per heavy atom. The molecule has 0 saturated carbocycles. The van der Waals surface area contributed by atoms with Gasteiger partial charge in [0.25, 0.3) is 0 Å². The van der Waals surface area contributed by atoms with Crippen LogP contribution in [0.15, 0.2) is 48.2 Å². The van der Waals surface area contributed by atoms with E-state index >= 15 is 0 Å². The maximum Gasteiger partial charge on any atom is 0.0448 e. The van der Waals surface area contributed by atoms with Gasteiger partial charge in [0.15, 0.2) is 0 Å². The fraction of sp³-hybridized carbons (Fsp3) is 0.200. The van der Waals surface area contributed by atoms with E-state index in [1.54, 1.807) is 0 Å². The van der Waals surface area contributed by atoms with E-state index in [9.17, 15) is 0 Å². The van der Waals surface area contributed by atoms with Crippen LogP contribution in [-0.4, -0.2) is 18.0 Å². The lowest BCUT2D eigenvalue weighted by atomic mass is 9.96. The molecule has 1 aliphatic carbocycles. The molecule has 1 aromatic carbocycles. The number of rotatable bonds is 2. The van der Waals surface area contributed by atoms with Crippen LogP contribution < -0.4 is 16.2 Å². The van der Waals surface area contributed by atoms with Gasteiger partial charge in [-0.1, -0.05) is 36.4 Å². The summed E-state index contributed by atoms with van der Waals surface area (Å²) in [5.41, 5.74) is 8.40. The van der Waals surface area contributed by atoms with Gasteiger partial charge >= 0.3 is 0 Å². The van der Waals surface area contributed by atoms with Gasteiger partial charge in [-0.3, -0.25) is 0 Å². The van der Waals surface area contributed by atoms with Crippen molar-refractivity contribution in [2.45, 2.75) is 6.42 Å². The van der Waals surface area contributed by atoms with E-state index in [1.807, 2.05) is 0 Å². The van der Waals surface area contributed by atoms with Gasteiger partial charge in [0, 0.05) is 25.0 Å². The van der Waals surface area contributed by atoms with Crippen molar-refractivity contribution in [3.05, 3.63) is 58.6 Å². The Morgan fingerprint density at radius 2 is 2.12 bits per heavy atom. The predicted octanol–water partition coefficient (Wildman–Crippen LogP) is 0.693. The third kappa shape index (κ3) is 1.71. The Balaban J connectivity index is 2.26. The van der Waals surface area contributed by atoms with Crippen LogP contribution in [0.4, 0.5) is 0 Å². The Labute approximate surface area is 101 Å². The van der Waals surface area contributed by atoms with Crippen LogP contribution in [0.5, 0.6) is 0 Å². The zero-order valence-electron chi connectivity index (χ0n) is 9.76. The maximum absolute atomic E-state index is 5.69. The van der Waals surface area contributed by atoms with Crippen molar-refractivity contribution < 1.29 is 0 Å². The molecule has 0 fully saturated rings. The largest absolute Gasteiger partial charge is 0.346 e. The van der Waals surface area contributed by atoms with E-state index in [2.05, 4.69) is 53.6 Å². The molecule has 2 heteroatoms. The van der Waals surface area contributed by atoms with Gasteiger partial charge < -0.3 is 10.6 Å². The lowest BCUT2D eigenvalue weighted by Crippen LogP contribution is -2.39.